The van der Waals surface area contributed by atoms with E-state index in [-0.39, 0.29) is 54.8 Å². The largest absolute Gasteiger partial charge is 0.464 e. The number of methoxy groups -OCH3 is 1. The van der Waals surface area contributed by atoms with E-state index in [1.54, 1.807) is 47.9 Å². The number of hydrogen-bond donors (Lipinski definition) is 1. The smallest absolute Gasteiger partial charge is 0.410 e. The summed E-state index contributed by atoms with van der Waals surface area (Å²) in [5.74, 6) is -1.58. The van der Waals surface area contributed by atoms with Crippen LogP contribution in [0.25, 0.3) is 33.4 Å². The number of aromatic nitrogens is 3. The molecule has 8 rings (SSSR count). The van der Waals surface area contributed by atoms with Crippen molar-refractivity contribution in [1.82, 2.24) is 44.6 Å². The number of cyclic esters (lactones) is 1. The van der Waals surface area contributed by atoms with E-state index in [0.29, 0.717) is 69.8 Å². The number of fused-ring (bicyclic) bond motifs is 6. The highest BCUT2D eigenvalue weighted by Gasteiger charge is 2.50. The Morgan fingerprint density at radius 3 is 2.51 bits per heavy atom. The van der Waals surface area contributed by atoms with Crippen LogP contribution < -0.4 is 5.43 Å². The van der Waals surface area contributed by atoms with Crippen LogP contribution in [0.2, 0.25) is 0 Å². The van der Waals surface area contributed by atoms with Crippen molar-refractivity contribution in [3.05, 3.63) is 70.3 Å². The van der Waals surface area contributed by atoms with Crippen LogP contribution in [0.5, 0.6) is 0 Å². The van der Waals surface area contributed by atoms with E-state index in [1.165, 1.54) is 21.2 Å². The van der Waals surface area contributed by atoms with Crippen molar-refractivity contribution in [2.75, 3.05) is 68.1 Å². The quantitative estimate of drug-likeness (QED) is 0.0977. The van der Waals surface area contributed by atoms with Crippen LogP contribution in [0.3, 0.4) is 0 Å². The van der Waals surface area contributed by atoms with Crippen LogP contribution in [0, 0.1) is 11.3 Å². The number of ether oxygens (including phenoxy) is 2. The minimum absolute atomic E-state index is 0.105. The third-order valence-electron chi connectivity index (χ3n) is 14.5. The highest BCUT2D eigenvalue weighted by Crippen LogP contribution is 2.42. The van der Waals surface area contributed by atoms with Crippen molar-refractivity contribution in [3.8, 4) is 22.5 Å². The number of thiazole rings is 1. The first-order valence-electron chi connectivity index (χ1n) is 25.4. The van der Waals surface area contributed by atoms with Crippen molar-refractivity contribution < 1.29 is 38.0 Å². The first-order chi connectivity index (χ1) is 34.3. The van der Waals surface area contributed by atoms with E-state index >= 15 is 9.59 Å². The lowest BCUT2D eigenvalue weighted by molar-refractivity contribution is -0.478. The predicted octanol–water partition coefficient (Wildman–Crippen LogP) is 6.20. The molecular weight excluding hydrogens is 933 g/mol. The van der Waals surface area contributed by atoms with E-state index in [1.807, 2.05) is 57.3 Å². The summed E-state index contributed by atoms with van der Waals surface area (Å²) in [6.07, 6.45) is 7.88. The Labute approximate surface area is 427 Å². The number of hydrazine groups is 1. The average molecular weight is 1010 g/mol. The van der Waals surface area contributed by atoms with Crippen LogP contribution in [0.1, 0.15) is 89.6 Å². The van der Waals surface area contributed by atoms with Crippen LogP contribution in [0.4, 0.5) is 4.79 Å². The van der Waals surface area contributed by atoms with Gasteiger partial charge in [0.1, 0.15) is 11.0 Å². The zero-order valence-corrected chi connectivity index (χ0v) is 44.8. The van der Waals surface area contributed by atoms with Gasteiger partial charge in [-0.25, -0.2) is 20.0 Å². The van der Waals surface area contributed by atoms with Gasteiger partial charge in [0.25, 0.3) is 0 Å². The third-order valence-corrected chi connectivity index (χ3v) is 15.4. The number of rotatable bonds is 12. The second-order valence-corrected chi connectivity index (χ2v) is 22.2. The summed E-state index contributed by atoms with van der Waals surface area (Å²) in [5, 5.41) is 5.23. The highest BCUT2D eigenvalue weighted by atomic mass is 32.1. The van der Waals surface area contributed by atoms with Gasteiger partial charge in [-0.15, -0.1) is 11.3 Å². The summed E-state index contributed by atoms with van der Waals surface area (Å²) in [5.41, 5.74) is 10.2. The topological polar surface area (TPSA) is 166 Å². The number of esters is 1. The molecule has 1 saturated carbocycles. The monoisotopic (exact) mass is 1010 g/mol. The van der Waals surface area contributed by atoms with Crippen LogP contribution in [0.15, 0.2) is 54.1 Å². The van der Waals surface area contributed by atoms with E-state index in [4.69, 9.17) is 19.4 Å². The molecule has 3 fully saturated rings. The molecule has 1 aliphatic carbocycles. The van der Waals surface area contributed by atoms with Gasteiger partial charge < -0.3 is 33.6 Å². The fraction of sp³-hybridized carbons (Fsp3) is 0.556. The number of likely N-dealkylation sites (tertiary alicyclic amines) is 1. The number of amides is 5. The number of benzene rings is 1. The van der Waals surface area contributed by atoms with Gasteiger partial charge >= 0.3 is 23.8 Å². The fourth-order valence-electron chi connectivity index (χ4n) is 10.4. The number of hydrogen-bond acceptors (Lipinski definition) is 12. The molecule has 6 heterocycles. The highest BCUT2D eigenvalue weighted by molar-refractivity contribution is 7.10. The molecule has 0 radical (unpaired) electrons. The molecule has 1 N–H and O–H groups in total. The normalized spacial score (nSPS) is 20.4. The minimum atomic E-state index is -1.03. The third kappa shape index (κ3) is 10.9. The standard InChI is InChI=1S/C54H73N10O7S/c1-12-62-43-22-19-35-26-39(43)40(49(62)38-16-13-23-55-47(38)34(4)70-11)28-54(5,6)32-71-52(68)41-17-14-25-63(57-41)50(66)44(27-45-56-42(35)31-72-45)64(36-20-21-36)51(67)48(33(2)3)60(10)53(69)59(9)37-29-61(30-37)46(65)18-15-24-58(7)8/h13,15-16,18-19,22-23,26,31,33-34,37,41,44,48,57H,12,14,17,20-21,24-25,27-30,32H2,1-11H3/q+1/b18-15+/t34-,41-,44-,48-/m0/s1. The molecule has 0 unspecified atom stereocenters. The molecule has 18 heteroatoms. The number of likely N-dealkylation sites (N-methyl/N-ethyl adjacent to an activating group) is 3. The summed E-state index contributed by atoms with van der Waals surface area (Å²) < 4.78 is 16.0. The van der Waals surface area contributed by atoms with Crippen LogP contribution in [-0.2, 0) is 48.0 Å². The Kier molecular flexibility index (Phi) is 15.8. The molecule has 6 bridgehead atoms. The molecular formula is C54H73N10O7S+. The van der Waals surface area contributed by atoms with Crippen LogP contribution in [-0.4, -0.2) is 171 Å². The van der Waals surface area contributed by atoms with Crippen molar-refractivity contribution in [1.29, 1.82) is 0 Å². The Bertz CT molecular complexity index is 2760. The van der Waals surface area contributed by atoms with Gasteiger partial charge in [-0.05, 0) is 83.0 Å². The lowest BCUT2D eigenvalue weighted by atomic mass is 9.84. The van der Waals surface area contributed by atoms with Crippen molar-refractivity contribution in [2.45, 2.75) is 117 Å². The van der Waals surface area contributed by atoms with Gasteiger partial charge in [0.05, 0.1) is 42.3 Å². The van der Waals surface area contributed by atoms with Gasteiger partial charge in [0.15, 0.2) is 11.8 Å². The number of nitrogens with zero attached hydrogens (tertiary/aromatic N) is 9. The second kappa shape index (κ2) is 21.7. The number of carbonyl (C=O) groups is 5. The zero-order chi connectivity index (χ0) is 51.8. The number of carbonyl (C=O) groups excluding carboxylic acids is 5. The van der Waals surface area contributed by atoms with Gasteiger partial charge in [-0.2, -0.15) is 4.58 Å². The van der Waals surface area contributed by atoms with Crippen LogP contribution >= 0.6 is 11.3 Å². The average Bonchev–Trinajstić information content (AvgIpc) is 3.99. The molecule has 1 aromatic carbocycles. The van der Waals surface area contributed by atoms with Crippen molar-refractivity contribution >= 4 is 57.7 Å². The molecule has 3 aliphatic heterocycles. The Balaban J connectivity index is 1.15. The van der Waals surface area contributed by atoms with Crippen molar-refractivity contribution in [2.24, 2.45) is 11.3 Å². The first kappa shape index (κ1) is 52.5. The van der Waals surface area contributed by atoms with Gasteiger partial charge in [-0.1, -0.05) is 39.8 Å². The fourth-order valence-corrected chi connectivity index (χ4v) is 11.2. The number of aryl methyl sites for hydroxylation is 1. The molecule has 2 saturated heterocycles. The van der Waals surface area contributed by atoms with E-state index in [2.05, 4.69) is 55.0 Å². The maximum atomic E-state index is 15.4. The molecule has 4 atom stereocenters. The molecule has 72 heavy (non-hydrogen) atoms. The molecule has 4 aromatic rings. The maximum Gasteiger partial charge on any atom is 0.410 e. The Morgan fingerprint density at radius 2 is 1.83 bits per heavy atom. The molecule has 4 aliphatic rings. The van der Waals surface area contributed by atoms with E-state index in [9.17, 15) is 14.4 Å². The van der Waals surface area contributed by atoms with Gasteiger partial charge in [0, 0.05) is 112 Å². The van der Waals surface area contributed by atoms with Crippen molar-refractivity contribution in [3.63, 3.8) is 0 Å². The Morgan fingerprint density at radius 1 is 1.08 bits per heavy atom. The number of urea groups is 1. The van der Waals surface area contributed by atoms with E-state index in [0.717, 1.165) is 50.4 Å². The zero-order valence-electron chi connectivity index (χ0n) is 43.9. The SMILES string of the molecule is CCn1c(-c2cccnc2[C@H](C)OC)c2c3cc(ccc31)-c1csc(n1)C[C@H]([N+](C(=O)[C@H](C(C)C)N(C)C(=O)N(C)C1CN(C(=O)/C=C/CN(C)C)C1)=C1CC1)C(=O)N1CCC[C@H](N1)C(=O)OCC(C)(C)C2. The minimum Gasteiger partial charge on any atom is -0.464 e. The summed E-state index contributed by atoms with van der Waals surface area (Å²) >= 11 is 1.44. The summed E-state index contributed by atoms with van der Waals surface area (Å²) in [6.45, 7) is 14.7. The molecule has 386 valence electrons. The maximum absolute atomic E-state index is 15.4. The lowest BCUT2D eigenvalue weighted by Crippen LogP contribution is -2.64. The summed E-state index contributed by atoms with van der Waals surface area (Å²) in [6, 6.07) is 7.18. The second-order valence-electron chi connectivity index (χ2n) is 21.3. The lowest BCUT2D eigenvalue weighted by Gasteiger charge is -2.45. The van der Waals surface area contributed by atoms with E-state index < -0.39 is 29.5 Å². The molecule has 0 spiro atoms. The molecule has 17 nitrogen and oxygen atoms in total. The number of nitrogens with one attached hydrogen (secondary N) is 1. The van der Waals surface area contributed by atoms with Gasteiger partial charge in [-0.3, -0.25) is 24.4 Å². The first-order valence-corrected chi connectivity index (χ1v) is 26.3. The predicted molar refractivity (Wildman–Crippen MR) is 278 cm³/mol. The summed E-state index contributed by atoms with van der Waals surface area (Å²) in [7, 11) is 8.90. The summed E-state index contributed by atoms with van der Waals surface area (Å²) in [4.78, 5) is 88.6. The Hall–Kier alpha value is -5.82. The van der Waals surface area contributed by atoms with Gasteiger partial charge in [0.2, 0.25) is 11.9 Å². The molecule has 3 aromatic heterocycles. The molecule has 5 amide bonds. The number of pyridine rings is 1.